The van der Waals surface area contributed by atoms with Crippen LogP contribution in [0.4, 0.5) is 0 Å². The van der Waals surface area contributed by atoms with Gasteiger partial charge in [0.1, 0.15) is 5.41 Å². The molecule has 0 bridgehead atoms. The van der Waals surface area contributed by atoms with Gasteiger partial charge in [-0.2, -0.15) is 0 Å². The van der Waals surface area contributed by atoms with Gasteiger partial charge in [-0.1, -0.05) is 72.8 Å². The number of hydrogen-bond acceptors (Lipinski definition) is 4. The van der Waals surface area contributed by atoms with E-state index in [1.807, 2.05) is 72.8 Å². The Labute approximate surface area is 195 Å². The second-order valence-corrected chi connectivity index (χ2v) is 8.30. The van der Waals surface area contributed by atoms with Crippen LogP contribution >= 0.6 is 12.4 Å². The SMILES string of the molecule is Cl.O=C(O)C1(CCNC[C@H](O)c2ccccc2)C=CC(c2ccccc2)=CC1OC1CC1. The molecule has 4 rings (SSSR count). The summed E-state index contributed by atoms with van der Waals surface area (Å²) in [7, 11) is 0. The van der Waals surface area contributed by atoms with Crippen LogP contribution in [0, 0.1) is 5.41 Å². The van der Waals surface area contributed by atoms with Gasteiger partial charge in [-0.05, 0) is 48.6 Å². The van der Waals surface area contributed by atoms with Crippen molar-refractivity contribution >= 4 is 23.9 Å². The third kappa shape index (κ3) is 5.67. The lowest BCUT2D eigenvalue weighted by atomic mass is 9.74. The first-order chi connectivity index (χ1) is 15.1. The summed E-state index contributed by atoms with van der Waals surface area (Å²) >= 11 is 0. The zero-order valence-corrected chi connectivity index (χ0v) is 18.7. The van der Waals surface area contributed by atoms with Crippen molar-refractivity contribution in [1.82, 2.24) is 5.32 Å². The number of ether oxygens (including phenoxy) is 1. The normalized spacial score (nSPS) is 23.2. The maximum atomic E-state index is 12.4. The number of halogens is 1. The molecule has 2 aromatic carbocycles. The number of benzene rings is 2. The number of nitrogens with one attached hydrogen (secondary N) is 1. The summed E-state index contributed by atoms with van der Waals surface area (Å²) in [6.07, 6.45) is 6.95. The summed E-state index contributed by atoms with van der Waals surface area (Å²) in [5, 5.41) is 23.8. The van der Waals surface area contributed by atoms with Crippen LogP contribution in [0.1, 0.15) is 36.5 Å². The minimum absolute atomic E-state index is 0. The van der Waals surface area contributed by atoms with Gasteiger partial charge in [-0.3, -0.25) is 4.79 Å². The van der Waals surface area contributed by atoms with Crippen LogP contribution in [0.25, 0.3) is 5.57 Å². The molecule has 3 N–H and O–H groups in total. The zero-order valence-electron chi connectivity index (χ0n) is 17.9. The number of aliphatic hydroxyl groups excluding tert-OH is 1. The lowest BCUT2D eigenvalue weighted by Gasteiger charge is -2.36. The van der Waals surface area contributed by atoms with E-state index in [-0.39, 0.29) is 18.5 Å². The van der Waals surface area contributed by atoms with Crippen LogP contribution in [0.5, 0.6) is 0 Å². The van der Waals surface area contributed by atoms with Crippen LogP contribution in [-0.2, 0) is 9.53 Å². The molecule has 0 spiro atoms. The summed E-state index contributed by atoms with van der Waals surface area (Å²) in [5.41, 5.74) is 1.73. The third-order valence-electron chi connectivity index (χ3n) is 6.01. The first kappa shape index (κ1) is 24.2. The third-order valence-corrected chi connectivity index (χ3v) is 6.01. The Morgan fingerprint density at radius 3 is 2.38 bits per heavy atom. The smallest absolute Gasteiger partial charge is 0.316 e. The van der Waals surface area contributed by atoms with E-state index in [1.165, 1.54) is 0 Å². The second kappa shape index (κ2) is 10.9. The first-order valence-corrected chi connectivity index (χ1v) is 10.9. The lowest BCUT2D eigenvalue weighted by molar-refractivity contribution is -0.153. The van der Waals surface area contributed by atoms with Crippen molar-refractivity contribution in [1.29, 1.82) is 0 Å². The summed E-state index contributed by atoms with van der Waals surface area (Å²) in [4.78, 5) is 12.4. The number of aliphatic hydroxyl groups is 1. The average molecular weight is 456 g/mol. The highest BCUT2D eigenvalue weighted by Crippen LogP contribution is 2.41. The Morgan fingerprint density at radius 2 is 1.75 bits per heavy atom. The fourth-order valence-corrected chi connectivity index (χ4v) is 3.95. The van der Waals surface area contributed by atoms with Crippen molar-refractivity contribution < 1.29 is 19.7 Å². The van der Waals surface area contributed by atoms with Gasteiger partial charge in [0, 0.05) is 6.54 Å². The lowest BCUT2D eigenvalue weighted by Crippen LogP contribution is -2.45. The molecule has 5 nitrogen and oxygen atoms in total. The van der Waals surface area contributed by atoms with Crippen LogP contribution in [0.3, 0.4) is 0 Å². The molecule has 3 atom stereocenters. The van der Waals surface area contributed by atoms with Crippen molar-refractivity contribution in [2.45, 2.75) is 37.6 Å². The molecule has 32 heavy (non-hydrogen) atoms. The van der Waals surface area contributed by atoms with Crippen molar-refractivity contribution in [3.05, 3.63) is 90.0 Å². The second-order valence-electron chi connectivity index (χ2n) is 8.30. The Morgan fingerprint density at radius 1 is 1.09 bits per heavy atom. The molecule has 0 aromatic heterocycles. The van der Waals surface area contributed by atoms with E-state index in [4.69, 9.17) is 4.74 Å². The molecule has 1 saturated carbocycles. The van der Waals surface area contributed by atoms with Crippen molar-refractivity contribution in [3.8, 4) is 0 Å². The van der Waals surface area contributed by atoms with E-state index in [0.717, 1.165) is 29.5 Å². The minimum atomic E-state index is -1.13. The molecule has 2 aliphatic rings. The minimum Gasteiger partial charge on any atom is -0.481 e. The van der Waals surface area contributed by atoms with E-state index < -0.39 is 23.6 Å². The molecule has 2 aromatic rings. The van der Waals surface area contributed by atoms with Crippen molar-refractivity contribution in [3.63, 3.8) is 0 Å². The Kier molecular flexibility index (Phi) is 8.26. The topological polar surface area (TPSA) is 78.8 Å². The highest BCUT2D eigenvalue weighted by atomic mass is 35.5. The predicted molar refractivity (Wildman–Crippen MR) is 128 cm³/mol. The maximum absolute atomic E-state index is 12.4. The van der Waals surface area contributed by atoms with Crippen molar-refractivity contribution in [2.75, 3.05) is 13.1 Å². The van der Waals surface area contributed by atoms with Crippen LogP contribution in [0.15, 0.2) is 78.9 Å². The quantitative estimate of drug-likeness (QED) is 0.463. The highest BCUT2D eigenvalue weighted by molar-refractivity contribution is 5.85. The Balaban J connectivity index is 0.00000289. The number of rotatable bonds is 10. The molecule has 0 radical (unpaired) electrons. The van der Waals surface area contributed by atoms with Gasteiger partial charge in [0.25, 0.3) is 0 Å². The van der Waals surface area contributed by atoms with Crippen LogP contribution in [-0.4, -0.2) is 41.5 Å². The number of carboxylic acids is 1. The Bertz CT molecular complexity index is 943. The van der Waals surface area contributed by atoms with E-state index >= 15 is 0 Å². The molecule has 170 valence electrons. The molecular weight excluding hydrogens is 426 g/mol. The largest absolute Gasteiger partial charge is 0.481 e. The number of aliphatic carboxylic acids is 1. The van der Waals surface area contributed by atoms with Crippen LogP contribution < -0.4 is 5.32 Å². The molecular formula is C26H30ClNO4. The van der Waals surface area contributed by atoms with E-state index in [9.17, 15) is 15.0 Å². The molecule has 6 heteroatoms. The summed E-state index contributed by atoms with van der Waals surface area (Å²) in [6, 6.07) is 19.4. The molecule has 1 fully saturated rings. The van der Waals surface area contributed by atoms with Gasteiger partial charge in [0.05, 0.1) is 18.3 Å². The first-order valence-electron chi connectivity index (χ1n) is 10.9. The summed E-state index contributed by atoms with van der Waals surface area (Å²) in [5.74, 6) is -0.886. The fourth-order valence-electron chi connectivity index (χ4n) is 3.95. The number of allylic oxidation sites excluding steroid dienone is 2. The number of carboxylic acid groups (broad SMARTS) is 1. The highest BCUT2D eigenvalue weighted by Gasteiger charge is 2.47. The molecule has 2 unspecified atom stereocenters. The molecule has 0 aliphatic heterocycles. The molecule has 2 aliphatic carbocycles. The summed E-state index contributed by atoms with van der Waals surface area (Å²) in [6.45, 7) is 0.822. The zero-order chi connectivity index (χ0) is 21.7. The summed E-state index contributed by atoms with van der Waals surface area (Å²) < 4.78 is 6.19. The van der Waals surface area contributed by atoms with Gasteiger partial charge in [-0.25, -0.2) is 0 Å². The Hall–Kier alpha value is -2.44. The monoisotopic (exact) mass is 455 g/mol. The van der Waals surface area contributed by atoms with Crippen molar-refractivity contribution in [2.24, 2.45) is 5.41 Å². The van der Waals surface area contributed by atoms with E-state index in [2.05, 4.69) is 5.32 Å². The fraction of sp³-hybridized carbons (Fsp3) is 0.346. The van der Waals surface area contributed by atoms with E-state index in [0.29, 0.717) is 19.5 Å². The van der Waals surface area contributed by atoms with Gasteiger partial charge in [0.15, 0.2) is 0 Å². The molecule has 0 heterocycles. The van der Waals surface area contributed by atoms with E-state index in [1.54, 1.807) is 6.08 Å². The predicted octanol–water partition coefficient (Wildman–Crippen LogP) is 4.39. The van der Waals surface area contributed by atoms with Gasteiger partial charge in [0.2, 0.25) is 0 Å². The van der Waals surface area contributed by atoms with Gasteiger partial charge < -0.3 is 20.3 Å². The standard InChI is InChI=1S/C26H29NO4.ClH/c28-23(20-9-5-2-6-10-20)18-27-16-15-26(25(29)30)14-13-21(19-7-3-1-4-8-19)17-24(26)31-22-11-12-22;/h1-10,13-14,17,22-24,27-28H,11-12,15-16,18H2,(H,29,30);1H/t23-,24?,26?;/m0./s1. The van der Waals surface area contributed by atoms with Crippen LogP contribution in [0.2, 0.25) is 0 Å². The average Bonchev–Trinajstić information content (AvgIpc) is 3.62. The molecule has 0 saturated heterocycles. The van der Waals surface area contributed by atoms with Gasteiger partial charge in [-0.15, -0.1) is 12.4 Å². The number of hydrogen-bond donors (Lipinski definition) is 3. The maximum Gasteiger partial charge on any atom is 0.316 e. The van der Waals surface area contributed by atoms with Gasteiger partial charge >= 0.3 is 5.97 Å². The number of carbonyl (C=O) groups is 1. The molecule has 0 amide bonds.